The molecule has 0 heterocycles. The molecule has 0 amide bonds. The van der Waals surface area contributed by atoms with Crippen LogP contribution >= 0.6 is 11.6 Å². The van der Waals surface area contributed by atoms with Crippen molar-refractivity contribution in [3.63, 3.8) is 0 Å². The Morgan fingerprint density at radius 3 is 2.50 bits per heavy atom. The molecule has 0 aliphatic heterocycles. The molecular formula is C13H17ClO3S. The Morgan fingerprint density at radius 2 is 1.89 bits per heavy atom. The van der Waals surface area contributed by atoms with Gasteiger partial charge in [0.05, 0.1) is 17.9 Å². The number of carbonyl (C=O) groups is 1. The quantitative estimate of drug-likeness (QED) is 0.572. The van der Waals surface area contributed by atoms with E-state index in [0.29, 0.717) is 17.2 Å². The van der Waals surface area contributed by atoms with Crippen LogP contribution in [0.2, 0.25) is 5.02 Å². The fourth-order valence-corrected chi connectivity index (χ4v) is 2.75. The first-order chi connectivity index (χ1) is 8.63. The van der Waals surface area contributed by atoms with Crippen LogP contribution in [-0.4, -0.2) is 23.0 Å². The predicted molar refractivity (Wildman–Crippen MR) is 73.2 cm³/mol. The largest absolute Gasteiger partial charge is 0.469 e. The van der Waals surface area contributed by atoms with E-state index in [0.717, 1.165) is 24.2 Å². The number of carbonyl (C=O) groups excluding carboxylic acids is 1. The van der Waals surface area contributed by atoms with Crippen LogP contribution in [0.3, 0.4) is 0 Å². The number of unbranched alkanes of at least 4 members (excludes halogenated alkanes) is 2. The van der Waals surface area contributed by atoms with Gasteiger partial charge in [0, 0.05) is 22.1 Å². The summed E-state index contributed by atoms with van der Waals surface area (Å²) in [6.07, 6.45) is 2.94. The summed E-state index contributed by atoms with van der Waals surface area (Å²) in [5.41, 5.74) is 0. The molecule has 0 unspecified atom stereocenters. The third-order valence-corrected chi connectivity index (χ3v) is 4.22. The standard InChI is InChI=1S/C13H17ClO3S/c1-17-13(15)5-3-2-4-10-18(16)12-8-6-11(14)7-9-12/h6-9H,2-5,10H2,1H3/t18-/m1/s1. The Labute approximate surface area is 115 Å². The maximum Gasteiger partial charge on any atom is 0.305 e. The van der Waals surface area contributed by atoms with E-state index < -0.39 is 10.8 Å². The van der Waals surface area contributed by atoms with Crippen LogP contribution in [0.5, 0.6) is 0 Å². The molecule has 0 aliphatic rings. The maximum atomic E-state index is 11.9. The zero-order valence-corrected chi connectivity index (χ0v) is 11.9. The van der Waals surface area contributed by atoms with Crippen molar-refractivity contribution in [3.05, 3.63) is 29.3 Å². The van der Waals surface area contributed by atoms with Crippen LogP contribution in [0.1, 0.15) is 25.7 Å². The second-order valence-electron chi connectivity index (χ2n) is 3.89. The molecule has 0 N–H and O–H groups in total. The molecule has 1 aromatic carbocycles. The third-order valence-electron chi connectivity index (χ3n) is 2.51. The molecule has 1 atom stereocenters. The molecule has 5 heteroatoms. The average molecular weight is 289 g/mol. The molecule has 0 radical (unpaired) electrons. The summed E-state index contributed by atoms with van der Waals surface area (Å²) in [6, 6.07) is 7.05. The highest BCUT2D eigenvalue weighted by atomic mass is 35.5. The van der Waals surface area contributed by atoms with E-state index in [9.17, 15) is 9.00 Å². The van der Waals surface area contributed by atoms with Crippen LogP contribution in [0, 0.1) is 0 Å². The van der Waals surface area contributed by atoms with Gasteiger partial charge in [-0.15, -0.1) is 0 Å². The summed E-state index contributed by atoms with van der Waals surface area (Å²) in [5, 5.41) is 0.647. The minimum absolute atomic E-state index is 0.186. The normalized spacial score (nSPS) is 12.1. The molecule has 0 spiro atoms. The molecular weight excluding hydrogens is 272 g/mol. The van der Waals surface area contributed by atoms with E-state index >= 15 is 0 Å². The lowest BCUT2D eigenvalue weighted by molar-refractivity contribution is -0.140. The third kappa shape index (κ3) is 5.65. The van der Waals surface area contributed by atoms with Gasteiger partial charge >= 0.3 is 5.97 Å². The molecule has 1 rings (SSSR count). The lowest BCUT2D eigenvalue weighted by Gasteiger charge is -2.02. The Kier molecular flexibility index (Phi) is 6.98. The van der Waals surface area contributed by atoms with E-state index in [1.165, 1.54) is 7.11 Å². The van der Waals surface area contributed by atoms with Crippen molar-refractivity contribution >= 4 is 28.4 Å². The zero-order valence-electron chi connectivity index (χ0n) is 10.4. The average Bonchev–Trinajstić information content (AvgIpc) is 2.38. The highest BCUT2D eigenvalue weighted by Gasteiger charge is 2.04. The van der Waals surface area contributed by atoms with Gasteiger partial charge in [0.25, 0.3) is 0 Å². The van der Waals surface area contributed by atoms with E-state index in [-0.39, 0.29) is 5.97 Å². The summed E-state index contributed by atoms with van der Waals surface area (Å²) in [6.45, 7) is 0. The number of methoxy groups -OCH3 is 1. The number of benzene rings is 1. The monoisotopic (exact) mass is 288 g/mol. The molecule has 0 saturated carbocycles. The minimum Gasteiger partial charge on any atom is -0.469 e. The maximum absolute atomic E-state index is 11.9. The summed E-state index contributed by atoms with van der Waals surface area (Å²) in [4.78, 5) is 11.7. The predicted octanol–water partition coefficient (Wildman–Crippen LogP) is 3.18. The minimum atomic E-state index is -0.982. The molecule has 0 aliphatic carbocycles. The van der Waals surface area contributed by atoms with Gasteiger partial charge in [-0.25, -0.2) is 0 Å². The fraction of sp³-hybridized carbons (Fsp3) is 0.462. The number of ether oxygens (including phenoxy) is 1. The SMILES string of the molecule is COC(=O)CCCCC[S@@](=O)c1ccc(Cl)cc1. The fourth-order valence-electron chi connectivity index (χ4n) is 1.49. The van der Waals surface area contributed by atoms with Crippen molar-refractivity contribution in [2.24, 2.45) is 0 Å². The van der Waals surface area contributed by atoms with Gasteiger partial charge in [-0.05, 0) is 37.1 Å². The molecule has 0 bridgehead atoms. The van der Waals surface area contributed by atoms with Crippen molar-refractivity contribution < 1.29 is 13.7 Å². The van der Waals surface area contributed by atoms with Crippen molar-refractivity contribution in [2.75, 3.05) is 12.9 Å². The Hall–Kier alpha value is -0.870. The highest BCUT2D eigenvalue weighted by Crippen LogP contribution is 2.14. The van der Waals surface area contributed by atoms with Crippen LogP contribution in [0.25, 0.3) is 0 Å². The van der Waals surface area contributed by atoms with Gasteiger partial charge in [-0.3, -0.25) is 9.00 Å². The Morgan fingerprint density at radius 1 is 1.22 bits per heavy atom. The van der Waals surface area contributed by atoms with E-state index in [1.807, 2.05) is 0 Å². The van der Waals surface area contributed by atoms with Crippen LogP contribution in [0.15, 0.2) is 29.2 Å². The van der Waals surface area contributed by atoms with Gasteiger partial charge in [-0.1, -0.05) is 18.0 Å². The molecule has 100 valence electrons. The lowest BCUT2D eigenvalue weighted by Crippen LogP contribution is -2.01. The van der Waals surface area contributed by atoms with E-state index in [2.05, 4.69) is 4.74 Å². The summed E-state index contributed by atoms with van der Waals surface area (Å²) in [5.74, 6) is 0.428. The van der Waals surface area contributed by atoms with Crippen molar-refractivity contribution in [2.45, 2.75) is 30.6 Å². The van der Waals surface area contributed by atoms with Gasteiger partial charge in [-0.2, -0.15) is 0 Å². The van der Waals surface area contributed by atoms with Crippen LogP contribution < -0.4 is 0 Å². The zero-order chi connectivity index (χ0) is 13.4. The smallest absolute Gasteiger partial charge is 0.305 e. The molecule has 0 aromatic heterocycles. The van der Waals surface area contributed by atoms with Gasteiger partial charge in [0.2, 0.25) is 0 Å². The second kappa shape index (κ2) is 8.27. The Bertz CT molecular complexity index is 403. The van der Waals surface area contributed by atoms with Gasteiger partial charge in [0.15, 0.2) is 0 Å². The second-order valence-corrected chi connectivity index (χ2v) is 5.90. The molecule has 3 nitrogen and oxygen atoms in total. The number of rotatable bonds is 7. The first kappa shape index (κ1) is 15.2. The number of esters is 1. The number of halogens is 1. The van der Waals surface area contributed by atoms with Crippen molar-refractivity contribution in [3.8, 4) is 0 Å². The van der Waals surface area contributed by atoms with Crippen LogP contribution in [0.4, 0.5) is 0 Å². The topological polar surface area (TPSA) is 43.4 Å². The molecule has 0 fully saturated rings. The van der Waals surface area contributed by atoms with E-state index in [4.69, 9.17) is 11.6 Å². The van der Waals surface area contributed by atoms with Crippen molar-refractivity contribution in [1.82, 2.24) is 0 Å². The Balaban J connectivity index is 2.21. The number of hydrogen-bond donors (Lipinski definition) is 0. The summed E-state index contributed by atoms with van der Waals surface area (Å²) < 4.78 is 16.4. The molecule has 1 aromatic rings. The van der Waals surface area contributed by atoms with E-state index in [1.54, 1.807) is 24.3 Å². The van der Waals surface area contributed by atoms with Gasteiger partial charge in [0.1, 0.15) is 0 Å². The highest BCUT2D eigenvalue weighted by molar-refractivity contribution is 7.85. The number of hydrogen-bond acceptors (Lipinski definition) is 3. The van der Waals surface area contributed by atoms with Crippen molar-refractivity contribution in [1.29, 1.82) is 0 Å². The first-order valence-corrected chi connectivity index (χ1v) is 7.54. The molecule has 0 saturated heterocycles. The summed E-state index contributed by atoms with van der Waals surface area (Å²) in [7, 11) is 0.404. The van der Waals surface area contributed by atoms with Gasteiger partial charge < -0.3 is 4.74 Å². The summed E-state index contributed by atoms with van der Waals surface area (Å²) >= 11 is 5.76. The van der Waals surface area contributed by atoms with Crippen LogP contribution in [-0.2, 0) is 20.3 Å². The lowest BCUT2D eigenvalue weighted by atomic mass is 10.2. The first-order valence-electron chi connectivity index (χ1n) is 5.84. The molecule has 18 heavy (non-hydrogen) atoms.